The van der Waals surface area contributed by atoms with Gasteiger partial charge in [-0.1, -0.05) is 54.1 Å². The van der Waals surface area contributed by atoms with Crippen molar-refractivity contribution in [2.24, 2.45) is 0 Å². The van der Waals surface area contributed by atoms with Gasteiger partial charge in [-0.15, -0.1) is 0 Å². The molecular formula is C17H11ClO2. The number of hydrogen-bond donors (Lipinski definition) is 1. The minimum atomic E-state index is -0.961. The summed E-state index contributed by atoms with van der Waals surface area (Å²) in [6.07, 6.45) is 5.19. The van der Waals surface area contributed by atoms with Crippen molar-refractivity contribution in [2.75, 3.05) is 0 Å². The Hall–Kier alpha value is -2.32. The van der Waals surface area contributed by atoms with E-state index in [9.17, 15) is 4.79 Å². The first-order chi connectivity index (χ1) is 9.65. The summed E-state index contributed by atoms with van der Waals surface area (Å²) < 4.78 is 0. The summed E-state index contributed by atoms with van der Waals surface area (Å²) >= 11 is 6.03. The van der Waals surface area contributed by atoms with Crippen LogP contribution in [0.25, 0.3) is 17.7 Å². The molecule has 20 heavy (non-hydrogen) atoms. The molecule has 2 aromatic rings. The first kappa shape index (κ1) is 12.7. The van der Waals surface area contributed by atoms with Crippen molar-refractivity contribution in [3.8, 4) is 0 Å². The van der Waals surface area contributed by atoms with Gasteiger partial charge in [0.2, 0.25) is 0 Å². The number of carbonyl (C=O) groups is 1. The molecule has 0 spiro atoms. The van der Waals surface area contributed by atoms with Crippen molar-refractivity contribution >= 4 is 35.3 Å². The fraction of sp³-hybridized carbons (Fsp3) is 0. The van der Waals surface area contributed by atoms with Crippen LogP contribution in [-0.2, 0) is 4.79 Å². The summed E-state index contributed by atoms with van der Waals surface area (Å²) in [5.74, 6) is -0.961. The Morgan fingerprint density at radius 1 is 1.00 bits per heavy atom. The molecule has 2 aromatic carbocycles. The van der Waals surface area contributed by atoms with Crippen LogP contribution in [-0.4, -0.2) is 11.1 Å². The molecule has 0 bridgehead atoms. The van der Waals surface area contributed by atoms with Crippen LogP contribution >= 0.6 is 11.6 Å². The monoisotopic (exact) mass is 282 g/mol. The summed E-state index contributed by atoms with van der Waals surface area (Å²) in [6, 6.07) is 13.2. The van der Waals surface area contributed by atoms with Gasteiger partial charge in [0, 0.05) is 11.1 Å². The summed E-state index contributed by atoms with van der Waals surface area (Å²) in [5, 5.41) is 9.77. The van der Waals surface area contributed by atoms with Gasteiger partial charge in [-0.3, -0.25) is 0 Å². The number of benzene rings is 2. The van der Waals surface area contributed by atoms with Gasteiger partial charge in [0.15, 0.2) is 0 Å². The van der Waals surface area contributed by atoms with Crippen LogP contribution in [0.15, 0.2) is 48.5 Å². The standard InChI is InChI=1S/C17H11ClO2/c18-13-7-8-15-12(9-13)6-5-11-3-1-2-4-14(11)16(15)10-17(19)20/h1-10H,(H,19,20)/b16-10+. The molecule has 1 N–H and O–H groups in total. The van der Waals surface area contributed by atoms with Crippen molar-refractivity contribution in [2.45, 2.75) is 0 Å². The highest BCUT2D eigenvalue weighted by molar-refractivity contribution is 6.30. The van der Waals surface area contributed by atoms with Gasteiger partial charge in [0.25, 0.3) is 0 Å². The molecule has 3 rings (SSSR count). The van der Waals surface area contributed by atoms with E-state index in [2.05, 4.69) is 0 Å². The number of rotatable bonds is 1. The van der Waals surface area contributed by atoms with E-state index in [-0.39, 0.29) is 0 Å². The average molecular weight is 283 g/mol. The average Bonchev–Trinajstić information content (AvgIpc) is 2.57. The summed E-state index contributed by atoms with van der Waals surface area (Å²) in [5.41, 5.74) is 4.39. The quantitative estimate of drug-likeness (QED) is 0.674. The molecule has 98 valence electrons. The third-order valence-electron chi connectivity index (χ3n) is 3.27. The van der Waals surface area contributed by atoms with Gasteiger partial charge in [0.1, 0.15) is 0 Å². The maximum Gasteiger partial charge on any atom is 0.328 e. The third-order valence-corrected chi connectivity index (χ3v) is 3.50. The summed E-state index contributed by atoms with van der Waals surface area (Å²) in [4.78, 5) is 11.1. The Balaban J connectivity index is 2.33. The number of hydrogen-bond acceptors (Lipinski definition) is 1. The molecular weight excluding hydrogens is 272 g/mol. The largest absolute Gasteiger partial charge is 0.478 e. The molecule has 0 unspecified atom stereocenters. The number of halogens is 1. The smallest absolute Gasteiger partial charge is 0.328 e. The second kappa shape index (κ2) is 4.99. The van der Waals surface area contributed by atoms with Gasteiger partial charge in [-0.2, -0.15) is 0 Å². The van der Waals surface area contributed by atoms with E-state index in [0.717, 1.165) is 22.3 Å². The van der Waals surface area contributed by atoms with Gasteiger partial charge in [-0.25, -0.2) is 4.79 Å². The summed E-state index contributed by atoms with van der Waals surface area (Å²) in [6.45, 7) is 0. The highest BCUT2D eigenvalue weighted by Crippen LogP contribution is 2.34. The Bertz CT molecular complexity index is 757. The van der Waals surface area contributed by atoms with E-state index in [1.807, 2.05) is 48.6 Å². The molecule has 0 atom stereocenters. The zero-order chi connectivity index (χ0) is 14.1. The molecule has 0 saturated heterocycles. The molecule has 0 saturated carbocycles. The van der Waals surface area contributed by atoms with Crippen LogP contribution in [0.2, 0.25) is 5.02 Å². The molecule has 3 heteroatoms. The molecule has 0 heterocycles. The zero-order valence-corrected chi connectivity index (χ0v) is 11.3. The topological polar surface area (TPSA) is 37.3 Å². The molecule has 0 amide bonds. The first-order valence-electron chi connectivity index (χ1n) is 6.17. The van der Waals surface area contributed by atoms with Gasteiger partial charge in [-0.05, 0) is 40.0 Å². The van der Waals surface area contributed by atoms with Gasteiger partial charge in [0.05, 0.1) is 0 Å². The fourth-order valence-corrected chi connectivity index (χ4v) is 2.59. The SMILES string of the molecule is O=C(O)/C=C1\c2ccccc2C=Cc2cc(Cl)ccc21. The van der Waals surface area contributed by atoms with Crippen molar-refractivity contribution < 1.29 is 9.90 Å². The lowest BCUT2D eigenvalue weighted by Gasteiger charge is -2.11. The fourth-order valence-electron chi connectivity index (χ4n) is 2.41. The number of carboxylic acid groups (broad SMARTS) is 1. The van der Waals surface area contributed by atoms with E-state index in [4.69, 9.17) is 16.7 Å². The lowest BCUT2D eigenvalue weighted by atomic mass is 9.93. The molecule has 0 fully saturated rings. The van der Waals surface area contributed by atoms with Crippen LogP contribution in [0.3, 0.4) is 0 Å². The molecule has 0 radical (unpaired) electrons. The van der Waals surface area contributed by atoms with Crippen LogP contribution < -0.4 is 0 Å². The zero-order valence-electron chi connectivity index (χ0n) is 10.5. The Kier molecular flexibility index (Phi) is 3.17. The molecule has 0 aromatic heterocycles. The minimum Gasteiger partial charge on any atom is -0.478 e. The van der Waals surface area contributed by atoms with Gasteiger partial charge < -0.3 is 5.11 Å². The number of aliphatic carboxylic acids is 1. The van der Waals surface area contributed by atoms with E-state index >= 15 is 0 Å². The van der Waals surface area contributed by atoms with Crippen LogP contribution in [0.1, 0.15) is 22.3 Å². The highest BCUT2D eigenvalue weighted by atomic mass is 35.5. The molecule has 1 aliphatic carbocycles. The lowest BCUT2D eigenvalue weighted by Crippen LogP contribution is -1.97. The second-order valence-corrected chi connectivity index (χ2v) is 4.98. The lowest BCUT2D eigenvalue weighted by molar-refractivity contribution is -0.131. The van der Waals surface area contributed by atoms with E-state index in [1.54, 1.807) is 6.07 Å². The van der Waals surface area contributed by atoms with E-state index in [0.29, 0.717) is 10.6 Å². The molecule has 1 aliphatic rings. The third kappa shape index (κ3) is 2.26. The summed E-state index contributed by atoms with van der Waals surface area (Å²) in [7, 11) is 0. The minimum absolute atomic E-state index is 0.633. The van der Waals surface area contributed by atoms with Gasteiger partial charge >= 0.3 is 5.97 Å². The van der Waals surface area contributed by atoms with Crippen LogP contribution in [0, 0.1) is 0 Å². The van der Waals surface area contributed by atoms with Crippen LogP contribution in [0.4, 0.5) is 0 Å². The second-order valence-electron chi connectivity index (χ2n) is 4.55. The van der Waals surface area contributed by atoms with Crippen molar-refractivity contribution in [1.82, 2.24) is 0 Å². The van der Waals surface area contributed by atoms with Crippen LogP contribution in [0.5, 0.6) is 0 Å². The Morgan fingerprint density at radius 3 is 2.50 bits per heavy atom. The maximum atomic E-state index is 11.1. The van der Waals surface area contributed by atoms with E-state index in [1.165, 1.54) is 6.08 Å². The Morgan fingerprint density at radius 2 is 1.70 bits per heavy atom. The Labute approximate surface area is 121 Å². The molecule has 2 nitrogen and oxygen atoms in total. The number of fused-ring (bicyclic) bond motifs is 2. The number of carboxylic acids is 1. The van der Waals surface area contributed by atoms with Crippen molar-refractivity contribution in [1.29, 1.82) is 0 Å². The predicted octanol–water partition coefficient (Wildman–Crippen LogP) is 4.34. The highest BCUT2D eigenvalue weighted by Gasteiger charge is 2.16. The van der Waals surface area contributed by atoms with Crippen molar-refractivity contribution in [3.05, 3.63) is 75.8 Å². The normalized spacial score (nSPS) is 14.6. The first-order valence-corrected chi connectivity index (χ1v) is 6.55. The predicted molar refractivity (Wildman–Crippen MR) is 81.5 cm³/mol. The van der Waals surface area contributed by atoms with E-state index < -0.39 is 5.97 Å². The van der Waals surface area contributed by atoms with Crippen molar-refractivity contribution in [3.63, 3.8) is 0 Å². The maximum absolute atomic E-state index is 11.1. The molecule has 0 aliphatic heterocycles.